The number of nitrogens with zero attached hydrogens (tertiary/aromatic N) is 3. The van der Waals surface area contributed by atoms with E-state index in [4.69, 9.17) is 4.74 Å². The SMILES string of the molecule is COc1ccccc1CCN1CCC2C(C1)c1cccc3c1N2CC1(CC1)N3C. The van der Waals surface area contributed by atoms with Crippen molar-refractivity contribution in [3.63, 3.8) is 0 Å². The standard InChI is InChI=1S/C25H31N3O/c1-26-22-8-5-7-19-20-16-27(14-10-18-6-3-4-9-23(18)29-2)15-11-21(20)28(24(19)22)17-25(26)12-13-25/h3-9,20-21H,10-17H2,1-2H3. The van der Waals surface area contributed by atoms with Crippen molar-refractivity contribution in [3.8, 4) is 5.75 Å². The molecule has 2 atom stereocenters. The van der Waals surface area contributed by atoms with Crippen molar-refractivity contribution in [2.24, 2.45) is 0 Å². The van der Waals surface area contributed by atoms with Crippen LogP contribution in [0.1, 0.15) is 36.3 Å². The predicted molar refractivity (Wildman–Crippen MR) is 118 cm³/mol. The van der Waals surface area contributed by atoms with Crippen LogP contribution in [0.25, 0.3) is 0 Å². The minimum Gasteiger partial charge on any atom is -0.496 e. The molecule has 2 unspecified atom stereocenters. The molecule has 29 heavy (non-hydrogen) atoms. The van der Waals surface area contributed by atoms with Crippen LogP contribution in [-0.2, 0) is 6.42 Å². The third-order valence-electron chi connectivity index (χ3n) is 8.05. The van der Waals surface area contributed by atoms with Crippen LogP contribution in [0.2, 0.25) is 0 Å². The van der Waals surface area contributed by atoms with Crippen LogP contribution in [0.5, 0.6) is 5.75 Å². The van der Waals surface area contributed by atoms with E-state index in [1.54, 1.807) is 18.4 Å². The first-order valence-electron chi connectivity index (χ1n) is 11.2. The molecule has 3 heterocycles. The van der Waals surface area contributed by atoms with Gasteiger partial charge in [-0.05, 0) is 48.9 Å². The zero-order valence-corrected chi connectivity index (χ0v) is 17.6. The van der Waals surface area contributed by atoms with Gasteiger partial charge in [0.05, 0.1) is 24.0 Å². The highest BCUT2D eigenvalue weighted by molar-refractivity contribution is 5.82. The first-order chi connectivity index (χ1) is 14.2. The summed E-state index contributed by atoms with van der Waals surface area (Å²) in [5.41, 5.74) is 6.36. The first-order valence-corrected chi connectivity index (χ1v) is 11.2. The Morgan fingerprint density at radius 2 is 1.97 bits per heavy atom. The maximum Gasteiger partial charge on any atom is 0.122 e. The van der Waals surface area contributed by atoms with Gasteiger partial charge in [0.15, 0.2) is 0 Å². The number of likely N-dealkylation sites (N-methyl/N-ethyl adjacent to an activating group) is 1. The number of fused-ring (bicyclic) bond motifs is 3. The normalized spacial score (nSPS) is 26.4. The average Bonchev–Trinajstić information content (AvgIpc) is 3.48. The van der Waals surface area contributed by atoms with E-state index in [1.165, 1.54) is 50.1 Å². The lowest BCUT2D eigenvalue weighted by molar-refractivity contribution is 0.193. The van der Waals surface area contributed by atoms with Gasteiger partial charge < -0.3 is 19.4 Å². The molecule has 0 radical (unpaired) electrons. The summed E-state index contributed by atoms with van der Waals surface area (Å²) in [5.74, 6) is 1.67. The number of anilines is 2. The third kappa shape index (κ3) is 2.61. The molecular weight excluding hydrogens is 358 g/mol. The van der Waals surface area contributed by atoms with Crippen LogP contribution >= 0.6 is 0 Å². The highest BCUT2D eigenvalue weighted by atomic mass is 16.5. The van der Waals surface area contributed by atoms with Gasteiger partial charge in [-0.1, -0.05) is 30.3 Å². The van der Waals surface area contributed by atoms with Gasteiger partial charge in [-0.3, -0.25) is 0 Å². The van der Waals surface area contributed by atoms with Crippen LogP contribution < -0.4 is 14.5 Å². The van der Waals surface area contributed by atoms with E-state index in [9.17, 15) is 0 Å². The molecule has 1 spiro atoms. The molecule has 6 rings (SSSR count). The predicted octanol–water partition coefficient (Wildman–Crippen LogP) is 3.90. The molecule has 3 aliphatic heterocycles. The van der Waals surface area contributed by atoms with Crippen molar-refractivity contribution < 1.29 is 4.74 Å². The summed E-state index contributed by atoms with van der Waals surface area (Å²) in [4.78, 5) is 8.08. The topological polar surface area (TPSA) is 19.0 Å². The van der Waals surface area contributed by atoms with Gasteiger partial charge >= 0.3 is 0 Å². The quantitative estimate of drug-likeness (QED) is 0.789. The highest BCUT2D eigenvalue weighted by Crippen LogP contribution is 2.57. The van der Waals surface area contributed by atoms with E-state index in [2.05, 4.69) is 64.2 Å². The van der Waals surface area contributed by atoms with Crippen molar-refractivity contribution in [3.05, 3.63) is 53.6 Å². The van der Waals surface area contributed by atoms with Crippen molar-refractivity contribution in [1.29, 1.82) is 0 Å². The molecule has 2 fully saturated rings. The average molecular weight is 390 g/mol. The van der Waals surface area contributed by atoms with Crippen molar-refractivity contribution in [1.82, 2.24) is 4.90 Å². The van der Waals surface area contributed by atoms with Gasteiger partial charge in [0.25, 0.3) is 0 Å². The molecule has 0 N–H and O–H groups in total. The summed E-state index contributed by atoms with van der Waals surface area (Å²) < 4.78 is 5.56. The van der Waals surface area contributed by atoms with Crippen LogP contribution in [0.4, 0.5) is 11.4 Å². The number of rotatable bonds is 4. The summed E-state index contributed by atoms with van der Waals surface area (Å²) in [6.07, 6.45) is 5.05. The Morgan fingerprint density at radius 1 is 1.10 bits per heavy atom. The fraction of sp³-hybridized carbons (Fsp3) is 0.520. The smallest absolute Gasteiger partial charge is 0.122 e. The van der Waals surface area contributed by atoms with Crippen molar-refractivity contribution in [2.45, 2.75) is 43.2 Å². The molecule has 0 amide bonds. The lowest BCUT2D eigenvalue weighted by atomic mass is 9.89. The summed E-state index contributed by atoms with van der Waals surface area (Å²) >= 11 is 0. The second kappa shape index (κ2) is 6.40. The van der Waals surface area contributed by atoms with Crippen molar-refractivity contribution >= 4 is 11.4 Å². The number of hydrogen-bond acceptors (Lipinski definition) is 4. The summed E-state index contributed by atoms with van der Waals surface area (Å²) in [6.45, 7) is 4.74. The molecule has 4 heteroatoms. The zero-order valence-electron chi connectivity index (χ0n) is 17.6. The van der Waals surface area contributed by atoms with E-state index >= 15 is 0 Å². The lowest BCUT2D eigenvalue weighted by Gasteiger charge is -2.46. The van der Waals surface area contributed by atoms with Crippen LogP contribution in [-0.4, -0.2) is 56.8 Å². The summed E-state index contributed by atoms with van der Waals surface area (Å²) in [6, 6.07) is 16.2. The van der Waals surface area contributed by atoms with Gasteiger partial charge in [-0.2, -0.15) is 0 Å². The van der Waals surface area contributed by atoms with E-state index in [0.29, 0.717) is 17.5 Å². The molecule has 0 bridgehead atoms. The Labute approximate surface area is 174 Å². The van der Waals surface area contributed by atoms with Gasteiger partial charge in [-0.25, -0.2) is 0 Å². The number of hydrogen-bond donors (Lipinski definition) is 0. The molecule has 2 aromatic carbocycles. The number of ether oxygens (including phenoxy) is 1. The maximum absolute atomic E-state index is 5.56. The second-order valence-electron chi connectivity index (χ2n) is 9.45. The van der Waals surface area contributed by atoms with E-state index < -0.39 is 0 Å². The van der Waals surface area contributed by atoms with E-state index in [1.807, 2.05) is 0 Å². The van der Waals surface area contributed by atoms with Gasteiger partial charge in [0, 0.05) is 45.2 Å². The van der Waals surface area contributed by atoms with Crippen LogP contribution in [0.15, 0.2) is 42.5 Å². The van der Waals surface area contributed by atoms with Crippen molar-refractivity contribution in [2.75, 3.05) is 50.1 Å². The number of piperidine rings is 1. The number of methoxy groups -OCH3 is 1. The maximum atomic E-state index is 5.56. The second-order valence-corrected chi connectivity index (χ2v) is 9.45. The minimum atomic E-state index is 0.418. The first kappa shape index (κ1) is 17.6. The Morgan fingerprint density at radius 3 is 2.79 bits per heavy atom. The number of likely N-dealkylation sites (tertiary alicyclic amines) is 1. The molecule has 152 valence electrons. The molecule has 1 saturated carbocycles. The summed E-state index contributed by atoms with van der Waals surface area (Å²) in [5, 5.41) is 0. The van der Waals surface area contributed by atoms with E-state index in [0.717, 1.165) is 18.7 Å². The largest absolute Gasteiger partial charge is 0.496 e. The fourth-order valence-electron chi connectivity index (χ4n) is 6.19. The molecule has 4 aliphatic rings. The monoisotopic (exact) mass is 389 g/mol. The molecular formula is C25H31N3O. The van der Waals surface area contributed by atoms with E-state index in [-0.39, 0.29) is 0 Å². The minimum absolute atomic E-state index is 0.418. The zero-order chi connectivity index (χ0) is 19.6. The van der Waals surface area contributed by atoms with Crippen LogP contribution in [0.3, 0.4) is 0 Å². The Kier molecular flexibility index (Phi) is 3.89. The molecule has 1 aliphatic carbocycles. The fourth-order valence-corrected chi connectivity index (χ4v) is 6.19. The Bertz CT molecular complexity index is 937. The Balaban J connectivity index is 1.23. The van der Waals surface area contributed by atoms with Crippen LogP contribution in [0, 0.1) is 0 Å². The molecule has 0 aromatic heterocycles. The number of benzene rings is 2. The lowest BCUT2D eigenvalue weighted by Crippen LogP contribution is -2.54. The third-order valence-corrected chi connectivity index (χ3v) is 8.05. The van der Waals surface area contributed by atoms with Gasteiger partial charge in [0.1, 0.15) is 5.75 Å². The Hall–Kier alpha value is -2.20. The number of para-hydroxylation sites is 2. The van der Waals surface area contributed by atoms with Gasteiger partial charge in [-0.15, -0.1) is 0 Å². The molecule has 2 aromatic rings. The summed E-state index contributed by atoms with van der Waals surface area (Å²) in [7, 11) is 4.10. The molecule has 4 nitrogen and oxygen atoms in total. The highest BCUT2D eigenvalue weighted by Gasteiger charge is 2.56. The molecule has 1 saturated heterocycles. The van der Waals surface area contributed by atoms with Gasteiger partial charge in [0.2, 0.25) is 0 Å².